The van der Waals surface area contributed by atoms with E-state index in [0.29, 0.717) is 46.5 Å². The van der Waals surface area contributed by atoms with Crippen LogP contribution in [0.5, 0.6) is 23.0 Å². The van der Waals surface area contributed by atoms with E-state index in [2.05, 4.69) is 4.99 Å². The molecule has 2 aromatic carbocycles. The maximum atomic E-state index is 13.0. The van der Waals surface area contributed by atoms with Crippen molar-refractivity contribution >= 4 is 33.4 Å². The summed E-state index contributed by atoms with van der Waals surface area (Å²) in [6.07, 6.45) is 0. The van der Waals surface area contributed by atoms with Crippen LogP contribution in [-0.4, -0.2) is 50.5 Å². The number of amides is 1. The Kier molecular flexibility index (Phi) is 6.31. The Morgan fingerprint density at radius 2 is 1.84 bits per heavy atom. The molecular weight excluding hydrogens is 436 g/mol. The first-order chi connectivity index (χ1) is 15.5. The van der Waals surface area contributed by atoms with Crippen molar-refractivity contribution in [3.05, 3.63) is 40.7 Å². The quantitative estimate of drug-likeness (QED) is 0.524. The van der Waals surface area contributed by atoms with Crippen LogP contribution in [0.15, 0.2) is 35.3 Å². The van der Waals surface area contributed by atoms with Gasteiger partial charge >= 0.3 is 5.97 Å². The minimum atomic E-state index is -0.508. The molecule has 10 heteroatoms. The topological polar surface area (TPSA) is 97.6 Å². The summed E-state index contributed by atoms with van der Waals surface area (Å²) in [7, 11) is 3.00. The Labute approximate surface area is 187 Å². The summed E-state index contributed by atoms with van der Waals surface area (Å²) in [6.45, 7) is 2.79. The van der Waals surface area contributed by atoms with Gasteiger partial charge in [0.05, 0.1) is 36.6 Å². The number of fused-ring (bicyclic) bond motifs is 2. The van der Waals surface area contributed by atoms with E-state index < -0.39 is 11.9 Å². The number of hydrogen-bond donors (Lipinski definition) is 0. The smallest absolute Gasteiger partial charge is 0.326 e. The molecule has 0 saturated carbocycles. The van der Waals surface area contributed by atoms with Crippen molar-refractivity contribution < 1.29 is 33.3 Å². The first kappa shape index (κ1) is 21.7. The molecule has 4 rings (SSSR count). The highest BCUT2D eigenvalue weighted by Gasteiger charge is 2.19. The molecule has 0 radical (unpaired) electrons. The van der Waals surface area contributed by atoms with Crippen molar-refractivity contribution in [2.45, 2.75) is 13.5 Å². The van der Waals surface area contributed by atoms with Gasteiger partial charge in [0.25, 0.3) is 5.91 Å². The number of rotatable bonds is 6. The first-order valence-electron chi connectivity index (χ1n) is 9.93. The average Bonchev–Trinajstić information content (AvgIpc) is 3.12. The number of ether oxygens (including phenoxy) is 5. The Morgan fingerprint density at radius 1 is 1.09 bits per heavy atom. The van der Waals surface area contributed by atoms with Crippen molar-refractivity contribution in [2.24, 2.45) is 4.99 Å². The summed E-state index contributed by atoms with van der Waals surface area (Å²) in [4.78, 5) is 29.9. The molecule has 168 valence electrons. The Hall–Kier alpha value is -3.53. The standard InChI is InChI=1S/C22H22N2O7S/c1-4-29-20(25)12-24-15-10-17-18(31-8-7-30-17)11-19(15)32-22(24)23-21(26)14-6-5-13(27-2)9-16(14)28-3/h5-6,9-11H,4,7-8,12H2,1-3H3. The van der Waals surface area contributed by atoms with Crippen LogP contribution in [0.2, 0.25) is 0 Å². The molecule has 0 spiro atoms. The molecule has 0 bridgehead atoms. The summed E-state index contributed by atoms with van der Waals surface area (Å²) in [5.41, 5.74) is 0.972. The van der Waals surface area contributed by atoms with Crippen LogP contribution in [0.3, 0.4) is 0 Å². The lowest BCUT2D eigenvalue weighted by molar-refractivity contribution is -0.143. The van der Waals surface area contributed by atoms with Gasteiger partial charge in [0.1, 0.15) is 31.3 Å². The lowest BCUT2D eigenvalue weighted by Gasteiger charge is -2.18. The van der Waals surface area contributed by atoms with Crippen LogP contribution >= 0.6 is 11.3 Å². The van der Waals surface area contributed by atoms with Crippen LogP contribution < -0.4 is 23.7 Å². The molecule has 9 nitrogen and oxygen atoms in total. The van der Waals surface area contributed by atoms with E-state index in [0.717, 1.165) is 4.70 Å². The fourth-order valence-electron chi connectivity index (χ4n) is 3.30. The number of hydrogen-bond acceptors (Lipinski definition) is 8. The van der Waals surface area contributed by atoms with Crippen molar-refractivity contribution in [1.29, 1.82) is 0 Å². The fourth-order valence-corrected chi connectivity index (χ4v) is 4.34. The number of carbonyl (C=O) groups is 2. The predicted molar refractivity (Wildman–Crippen MR) is 117 cm³/mol. The zero-order valence-electron chi connectivity index (χ0n) is 17.9. The Balaban J connectivity index is 1.84. The second kappa shape index (κ2) is 9.31. The normalized spacial score (nSPS) is 13.2. The van der Waals surface area contributed by atoms with E-state index in [-0.39, 0.29) is 18.7 Å². The highest BCUT2D eigenvalue weighted by Crippen LogP contribution is 2.35. The van der Waals surface area contributed by atoms with E-state index in [1.54, 1.807) is 35.8 Å². The summed E-state index contributed by atoms with van der Waals surface area (Å²) in [5, 5.41) is 0. The van der Waals surface area contributed by atoms with Gasteiger partial charge in [0, 0.05) is 18.2 Å². The third-order valence-corrected chi connectivity index (χ3v) is 5.82. The van der Waals surface area contributed by atoms with E-state index >= 15 is 0 Å². The Bertz CT molecular complexity index is 1250. The molecule has 0 aliphatic carbocycles. The van der Waals surface area contributed by atoms with E-state index in [1.807, 2.05) is 6.07 Å². The molecule has 1 aromatic heterocycles. The number of benzene rings is 2. The van der Waals surface area contributed by atoms with Crippen molar-refractivity contribution in [3.63, 3.8) is 0 Å². The molecule has 0 atom stereocenters. The van der Waals surface area contributed by atoms with E-state index in [1.165, 1.54) is 25.6 Å². The third-order valence-electron chi connectivity index (χ3n) is 4.78. The molecule has 0 unspecified atom stereocenters. The molecule has 1 aliphatic rings. The SMILES string of the molecule is CCOC(=O)Cn1c(=NC(=O)c2ccc(OC)cc2OC)sc2cc3c(cc21)OCCO3. The highest BCUT2D eigenvalue weighted by molar-refractivity contribution is 7.16. The summed E-state index contributed by atoms with van der Waals surface area (Å²) in [6, 6.07) is 8.48. The van der Waals surface area contributed by atoms with Crippen molar-refractivity contribution in [2.75, 3.05) is 34.0 Å². The number of nitrogens with zero attached hydrogens (tertiary/aromatic N) is 2. The van der Waals surface area contributed by atoms with Gasteiger partial charge in [0.2, 0.25) is 0 Å². The van der Waals surface area contributed by atoms with Crippen molar-refractivity contribution in [3.8, 4) is 23.0 Å². The first-order valence-corrected chi connectivity index (χ1v) is 10.8. The molecule has 1 aliphatic heterocycles. The van der Waals surface area contributed by atoms with Gasteiger partial charge in [-0.05, 0) is 19.1 Å². The molecule has 1 amide bonds. The van der Waals surface area contributed by atoms with Gasteiger partial charge in [-0.15, -0.1) is 0 Å². The molecule has 32 heavy (non-hydrogen) atoms. The number of carbonyl (C=O) groups excluding carboxylic acids is 2. The van der Waals surface area contributed by atoms with Crippen LogP contribution in [0.25, 0.3) is 10.2 Å². The monoisotopic (exact) mass is 458 g/mol. The van der Waals surface area contributed by atoms with Crippen LogP contribution in [0, 0.1) is 0 Å². The predicted octanol–water partition coefficient (Wildman–Crippen LogP) is 2.80. The maximum absolute atomic E-state index is 13.0. The number of aromatic nitrogens is 1. The van der Waals surface area contributed by atoms with Crippen LogP contribution in [0.4, 0.5) is 0 Å². The minimum Gasteiger partial charge on any atom is -0.497 e. The second-order valence-electron chi connectivity index (χ2n) is 6.72. The second-order valence-corrected chi connectivity index (χ2v) is 7.73. The van der Waals surface area contributed by atoms with E-state index in [9.17, 15) is 9.59 Å². The molecule has 3 aromatic rings. The Morgan fingerprint density at radius 3 is 2.53 bits per heavy atom. The van der Waals surface area contributed by atoms with Crippen LogP contribution in [-0.2, 0) is 16.1 Å². The summed E-state index contributed by atoms with van der Waals surface area (Å²) in [5.74, 6) is 1.15. The molecule has 0 saturated heterocycles. The average molecular weight is 458 g/mol. The largest absolute Gasteiger partial charge is 0.497 e. The fraction of sp³-hybridized carbons (Fsp3) is 0.318. The highest BCUT2D eigenvalue weighted by atomic mass is 32.1. The number of esters is 1. The lowest BCUT2D eigenvalue weighted by Crippen LogP contribution is -2.23. The molecular formula is C22H22N2O7S. The summed E-state index contributed by atoms with van der Waals surface area (Å²) < 4.78 is 29.4. The van der Waals surface area contributed by atoms with Gasteiger partial charge in [-0.2, -0.15) is 4.99 Å². The van der Waals surface area contributed by atoms with Gasteiger partial charge in [-0.3, -0.25) is 9.59 Å². The van der Waals surface area contributed by atoms with Gasteiger partial charge in [-0.1, -0.05) is 11.3 Å². The van der Waals surface area contributed by atoms with Crippen LogP contribution in [0.1, 0.15) is 17.3 Å². The maximum Gasteiger partial charge on any atom is 0.326 e. The molecule has 2 heterocycles. The zero-order valence-corrected chi connectivity index (χ0v) is 18.7. The molecule has 0 N–H and O–H groups in total. The number of methoxy groups -OCH3 is 2. The van der Waals surface area contributed by atoms with Gasteiger partial charge in [-0.25, -0.2) is 0 Å². The summed E-state index contributed by atoms with van der Waals surface area (Å²) >= 11 is 1.27. The third kappa shape index (κ3) is 4.26. The minimum absolute atomic E-state index is 0.0979. The molecule has 0 fully saturated rings. The zero-order chi connectivity index (χ0) is 22.7. The van der Waals surface area contributed by atoms with E-state index in [4.69, 9.17) is 23.7 Å². The van der Waals surface area contributed by atoms with Gasteiger partial charge in [0.15, 0.2) is 16.3 Å². The van der Waals surface area contributed by atoms with Gasteiger partial charge < -0.3 is 28.3 Å². The number of thiazole rings is 1. The lowest BCUT2D eigenvalue weighted by atomic mass is 10.2. The van der Waals surface area contributed by atoms with Crippen molar-refractivity contribution in [1.82, 2.24) is 4.57 Å².